The number of nitrogens with one attached hydrogen (secondary N) is 1. The van der Waals surface area contributed by atoms with E-state index in [0.717, 1.165) is 51.1 Å². The molecule has 0 saturated carbocycles. The van der Waals surface area contributed by atoms with Crippen LogP contribution in [0.15, 0.2) is 24.3 Å². The van der Waals surface area contributed by atoms with Gasteiger partial charge < -0.3 is 9.64 Å². The molecule has 1 N–H and O–H groups in total. The van der Waals surface area contributed by atoms with Gasteiger partial charge in [0.1, 0.15) is 0 Å². The fourth-order valence-electron chi connectivity index (χ4n) is 3.90. The standard InChI is InChI=1S/C17H21N5O2/c23-16(14-5-2-1-4-13(14)15-18-20-21-19-15)22-9-3-6-17(12-22)7-10-24-11-8-17/h1-2,4-5H,3,6-12H2,(H,18,19,20,21). The van der Waals surface area contributed by atoms with Gasteiger partial charge in [-0.1, -0.05) is 18.2 Å². The normalized spacial score (nSPS) is 20.2. The Balaban J connectivity index is 1.60. The smallest absolute Gasteiger partial charge is 0.254 e. The number of aromatic nitrogens is 4. The zero-order valence-electron chi connectivity index (χ0n) is 13.6. The van der Waals surface area contributed by atoms with E-state index in [1.165, 1.54) is 6.42 Å². The van der Waals surface area contributed by atoms with Crippen molar-refractivity contribution in [2.75, 3.05) is 26.3 Å². The molecule has 7 heteroatoms. The van der Waals surface area contributed by atoms with Gasteiger partial charge in [0, 0.05) is 31.9 Å². The lowest BCUT2D eigenvalue weighted by Crippen LogP contribution is -2.48. The third kappa shape index (κ3) is 2.80. The summed E-state index contributed by atoms with van der Waals surface area (Å²) < 4.78 is 5.52. The number of carbonyl (C=O) groups excluding carboxylic acids is 1. The van der Waals surface area contributed by atoms with Crippen LogP contribution in [0.3, 0.4) is 0 Å². The molecule has 1 aromatic carbocycles. The molecule has 4 rings (SSSR count). The minimum absolute atomic E-state index is 0.0565. The van der Waals surface area contributed by atoms with Gasteiger partial charge in [-0.05, 0) is 42.4 Å². The molecule has 2 aliphatic rings. The van der Waals surface area contributed by atoms with Crippen LogP contribution in [0.1, 0.15) is 36.0 Å². The summed E-state index contributed by atoms with van der Waals surface area (Å²) in [7, 11) is 0. The number of tetrazole rings is 1. The van der Waals surface area contributed by atoms with E-state index in [2.05, 4.69) is 20.6 Å². The predicted molar refractivity (Wildman–Crippen MR) is 87.2 cm³/mol. The van der Waals surface area contributed by atoms with Crippen molar-refractivity contribution in [3.8, 4) is 11.4 Å². The summed E-state index contributed by atoms with van der Waals surface area (Å²) in [6, 6.07) is 7.48. The molecule has 1 spiro atoms. The molecule has 7 nitrogen and oxygen atoms in total. The molecule has 24 heavy (non-hydrogen) atoms. The van der Waals surface area contributed by atoms with Crippen LogP contribution in [-0.2, 0) is 4.74 Å². The quantitative estimate of drug-likeness (QED) is 0.911. The van der Waals surface area contributed by atoms with Gasteiger partial charge in [0.15, 0.2) is 0 Å². The number of hydrogen-bond acceptors (Lipinski definition) is 5. The van der Waals surface area contributed by atoms with Crippen molar-refractivity contribution in [2.24, 2.45) is 5.41 Å². The Bertz CT molecular complexity index is 704. The van der Waals surface area contributed by atoms with Gasteiger partial charge in [-0.15, -0.1) is 10.2 Å². The van der Waals surface area contributed by atoms with Crippen molar-refractivity contribution in [2.45, 2.75) is 25.7 Å². The molecule has 126 valence electrons. The Morgan fingerprint density at radius 1 is 1.21 bits per heavy atom. The highest BCUT2D eigenvalue weighted by Crippen LogP contribution is 2.39. The number of H-pyrrole nitrogens is 1. The zero-order valence-corrected chi connectivity index (χ0v) is 13.6. The molecule has 1 amide bonds. The van der Waals surface area contributed by atoms with E-state index >= 15 is 0 Å². The van der Waals surface area contributed by atoms with Crippen LogP contribution in [0.4, 0.5) is 0 Å². The van der Waals surface area contributed by atoms with Crippen molar-refractivity contribution in [1.82, 2.24) is 25.5 Å². The van der Waals surface area contributed by atoms with Crippen molar-refractivity contribution in [1.29, 1.82) is 0 Å². The molecule has 2 aromatic rings. The molecule has 0 bridgehead atoms. The maximum atomic E-state index is 13.2. The first kappa shape index (κ1) is 15.3. The molecule has 2 saturated heterocycles. The highest BCUT2D eigenvalue weighted by Gasteiger charge is 2.38. The van der Waals surface area contributed by atoms with Crippen LogP contribution < -0.4 is 0 Å². The first-order valence-corrected chi connectivity index (χ1v) is 8.47. The van der Waals surface area contributed by atoms with Crippen LogP contribution in [0.25, 0.3) is 11.4 Å². The van der Waals surface area contributed by atoms with Crippen LogP contribution in [0.2, 0.25) is 0 Å². The Morgan fingerprint density at radius 3 is 2.83 bits per heavy atom. The number of aromatic amines is 1. The minimum atomic E-state index is 0.0565. The second kappa shape index (κ2) is 6.32. The molecule has 3 heterocycles. The van der Waals surface area contributed by atoms with Crippen molar-refractivity contribution in [3.63, 3.8) is 0 Å². The summed E-state index contributed by atoms with van der Waals surface area (Å²) in [5, 5.41) is 14.1. The molecule has 2 aliphatic heterocycles. The Labute approximate surface area is 140 Å². The van der Waals surface area contributed by atoms with Gasteiger partial charge in [-0.25, -0.2) is 0 Å². The predicted octanol–water partition coefficient (Wildman–Crippen LogP) is 1.90. The second-order valence-corrected chi connectivity index (χ2v) is 6.72. The molecule has 2 fully saturated rings. The molecular formula is C17H21N5O2. The van der Waals surface area contributed by atoms with Gasteiger partial charge >= 0.3 is 0 Å². The maximum Gasteiger partial charge on any atom is 0.254 e. The van der Waals surface area contributed by atoms with Crippen molar-refractivity contribution >= 4 is 5.91 Å². The number of piperidine rings is 1. The van der Waals surface area contributed by atoms with Crippen molar-refractivity contribution in [3.05, 3.63) is 29.8 Å². The Hall–Kier alpha value is -2.28. The number of carbonyl (C=O) groups is 1. The number of likely N-dealkylation sites (tertiary alicyclic amines) is 1. The van der Waals surface area contributed by atoms with Gasteiger partial charge in [-0.2, -0.15) is 5.21 Å². The van der Waals surface area contributed by atoms with Crippen LogP contribution in [0, 0.1) is 5.41 Å². The number of benzene rings is 1. The maximum absolute atomic E-state index is 13.2. The van der Waals surface area contributed by atoms with E-state index in [0.29, 0.717) is 11.4 Å². The third-order valence-electron chi connectivity index (χ3n) is 5.25. The number of hydrogen-bond donors (Lipinski definition) is 1. The van der Waals surface area contributed by atoms with E-state index < -0.39 is 0 Å². The fourth-order valence-corrected chi connectivity index (χ4v) is 3.90. The molecule has 0 aliphatic carbocycles. The van der Waals surface area contributed by atoms with E-state index in [4.69, 9.17) is 4.74 Å². The number of rotatable bonds is 2. The van der Waals surface area contributed by atoms with Gasteiger partial charge in [0.25, 0.3) is 5.91 Å². The minimum Gasteiger partial charge on any atom is -0.381 e. The van der Waals surface area contributed by atoms with Crippen LogP contribution in [-0.4, -0.2) is 57.7 Å². The van der Waals surface area contributed by atoms with Gasteiger partial charge in [-0.3, -0.25) is 4.79 Å². The molecule has 0 unspecified atom stereocenters. The SMILES string of the molecule is O=C(c1ccccc1-c1nn[nH]n1)N1CCCC2(CCOCC2)C1. The number of amides is 1. The Kier molecular flexibility index (Phi) is 4.02. The van der Waals surface area contributed by atoms with Crippen LogP contribution >= 0.6 is 0 Å². The first-order valence-electron chi connectivity index (χ1n) is 8.47. The number of nitrogens with zero attached hydrogens (tertiary/aromatic N) is 4. The zero-order chi connectivity index (χ0) is 16.4. The van der Waals surface area contributed by atoms with E-state index in [1.807, 2.05) is 29.2 Å². The average molecular weight is 327 g/mol. The first-order chi connectivity index (χ1) is 11.8. The lowest BCUT2D eigenvalue weighted by atomic mass is 9.74. The third-order valence-corrected chi connectivity index (χ3v) is 5.25. The molecule has 0 atom stereocenters. The molecule has 1 aromatic heterocycles. The second-order valence-electron chi connectivity index (χ2n) is 6.72. The lowest BCUT2D eigenvalue weighted by molar-refractivity contribution is -0.0229. The lowest BCUT2D eigenvalue weighted by Gasteiger charge is -2.45. The fraction of sp³-hybridized carbons (Fsp3) is 0.529. The van der Waals surface area contributed by atoms with E-state index in [9.17, 15) is 4.79 Å². The summed E-state index contributed by atoms with van der Waals surface area (Å²) in [5.41, 5.74) is 1.60. The average Bonchev–Trinajstić information content (AvgIpc) is 3.16. The summed E-state index contributed by atoms with van der Waals surface area (Å²) in [4.78, 5) is 15.1. The van der Waals surface area contributed by atoms with Gasteiger partial charge in [0.2, 0.25) is 5.82 Å². The van der Waals surface area contributed by atoms with Crippen molar-refractivity contribution < 1.29 is 9.53 Å². The molecular weight excluding hydrogens is 306 g/mol. The molecule has 0 radical (unpaired) electrons. The summed E-state index contributed by atoms with van der Waals surface area (Å²) in [6.07, 6.45) is 4.33. The monoisotopic (exact) mass is 327 g/mol. The topological polar surface area (TPSA) is 84.0 Å². The van der Waals surface area contributed by atoms with Crippen LogP contribution in [0.5, 0.6) is 0 Å². The largest absolute Gasteiger partial charge is 0.381 e. The van der Waals surface area contributed by atoms with E-state index in [-0.39, 0.29) is 11.3 Å². The summed E-state index contributed by atoms with van der Waals surface area (Å²) in [5.74, 6) is 0.512. The Morgan fingerprint density at radius 2 is 2.04 bits per heavy atom. The van der Waals surface area contributed by atoms with E-state index in [1.54, 1.807) is 0 Å². The highest BCUT2D eigenvalue weighted by atomic mass is 16.5. The number of ether oxygens (including phenoxy) is 1. The summed E-state index contributed by atoms with van der Waals surface area (Å²) in [6.45, 7) is 3.24. The summed E-state index contributed by atoms with van der Waals surface area (Å²) >= 11 is 0. The highest BCUT2D eigenvalue weighted by molar-refractivity contribution is 6.00. The van der Waals surface area contributed by atoms with Gasteiger partial charge in [0.05, 0.1) is 5.56 Å².